The van der Waals surface area contributed by atoms with Crippen LogP contribution in [0.25, 0.3) is 0 Å². The van der Waals surface area contributed by atoms with Gasteiger partial charge in [0.25, 0.3) is 0 Å². The van der Waals surface area contributed by atoms with Crippen LogP contribution in [0, 0.1) is 24.7 Å². The fraction of sp³-hybridized carbons (Fsp3) is 0.621. The molecule has 3 rings (SSSR count). The summed E-state index contributed by atoms with van der Waals surface area (Å²) in [5.74, 6) is 1.49. The van der Waals surface area contributed by atoms with E-state index in [1.54, 1.807) is 0 Å². The number of carbonyl (C=O) groups excluding carboxylic acids is 1. The number of hydrogen-bond acceptors (Lipinski definition) is 3. The molecule has 0 aromatic heterocycles. The van der Waals surface area contributed by atoms with Crippen molar-refractivity contribution in [3.8, 4) is 0 Å². The van der Waals surface area contributed by atoms with Crippen molar-refractivity contribution in [2.24, 2.45) is 17.8 Å². The van der Waals surface area contributed by atoms with Gasteiger partial charge in [0, 0.05) is 37.5 Å². The van der Waals surface area contributed by atoms with E-state index in [9.17, 15) is 9.90 Å². The molecule has 182 valence electrons. The van der Waals surface area contributed by atoms with Crippen molar-refractivity contribution in [1.82, 2.24) is 10.2 Å². The zero-order valence-corrected chi connectivity index (χ0v) is 21.3. The SMILES string of the molecule is Cc1cccc(CCC=C[C@@H]2[C@H]3CC(CNCCC(=O)N(C(C)C)C(C)C)=C[C@H]3C[C@H]2O)c1. The van der Waals surface area contributed by atoms with Gasteiger partial charge in [0.05, 0.1) is 6.10 Å². The summed E-state index contributed by atoms with van der Waals surface area (Å²) in [6.07, 6.45) is 11.2. The van der Waals surface area contributed by atoms with Gasteiger partial charge in [0.1, 0.15) is 0 Å². The molecule has 0 bridgehead atoms. The van der Waals surface area contributed by atoms with Crippen molar-refractivity contribution in [3.63, 3.8) is 0 Å². The molecule has 33 heavy (non-hydrogen) atoms. The summed E-state index contributed by atoms with van der Waals surface area (Å²) in [5.41, 5.74) is 4.13. The molecule has 0 saturated heterocycles. The van der Waals surface area contributed by atoms with E-state index in [1.165, 1.54) is 16.7 Å². The standard InChI is InChI=1S/C29H44N2O2/c1-20(2)31(21(3)4)29(33)13-14-30-19-24-16-25-18-28(32)26(27(25)17-24)12-7-6-10-23-11-8-9-22(5)15-23/h7-9,11-12,15-16,20-21,25-28,30,32H,6,10,13-14,17-19H2,1-5H3/t25-,26+,27-,28+/m0/s1. The van der Waals surface area contributed by atoms with E-state index in [-0.39, 0.29) is 30.0 Å². The van der Waals surface area contributed by atoms with Gasteiger partial charge in [0.15, 0.2) is 0 Å². The lowest BCUT2D eigenvalue weighted by molar-refractivity contribution is -0.134. The fourth-order valence-electron chi connectivity index (χ4n) is 5.85. The summed E-state index contributed by atoms with van der Waals surface area (Å²) in [6.45, 7) is 12.0. The lowest BCUT2D eigenvalue weighted by atomic mass is 9.89. The lowest BCUT2D eigenvalue weighted by Crippen LogP contribution is -2.43. The maximum atomic E-state index is 12.5. The molecular weight excluding hydrogens is 408 g/mol. The maximum absolute atomic E-state index is 12.5. The highest BCUT2D eigenvalue weighted by Crippen LogP contribution is 2.47. The Bertz CT molecular complexity index is 834. The van der Waals surface area contributed by atoms with Crippen LogP contribution in [0.2, 0.25) is 0 Å². The summed E-state index contributed by atoms with van der Waals surface area (Å²) in [6, 6.07) is 9.19. The van der Waals surface area contributed by atoms with Crippen LogP contribution in [0.3, 0.4) is 0 Å². The molecule has 2 N–H and O–H groups in total. The van der Waals surface area contributed by atoms with E-state index in [0.717, 1.165) is 32.2 Å². The molecule has 1 aromatic rings. The zero-order chi connectivity index (χ0) is 24.0. The maximum Gasteiger partial charge on any atom is 0.224 e. The van der Waals surface area contributed by atoms with Crippen LogP contribution in [0.15, 0.2) is 48.1 Å². The van der Waals surface area contributed by atoms with Crippen LogP contribution in [0.1, 0.15) is 64.5 Å². The molecule has 4 atom stereocenters. The van der Waals surface area contributed by atoms with Crippen molar-refractivity contribution in [2.45, 2.75) is 84.9 Å². The molecule has 0 unspecified atom stereocenters. The van der Waals surface area contributed by atoms with E-state index in [4.69, 9.17) is 0 Å². The Morgan fingerprint density at radius 2 is 2.00 bits per heavy atom. The molecule has 0 spiro atoms. The Kier molecular flexibility index (Phi) is 9.34. The second-order valence-corrected chi connectivity index (χ2v) is 10.6. The fourth-order valence-corrected chi connectivity index (χ4v) is 5.85. The lowest BCUT2D eigenvalue weighted by Gasteiger charge is -2.31. The quantitative estimate of drug-likeness (QED) is 0.365. The van der Waals surface area contributed by atoms with Crippen LogP contribution >= 0.6 is 0 Å². The number of hydrogen-bond donors (Lipinski definition) is 2. The summed E-state index contributed by atoms with van der Waals surface area (Å²) < 4.78 is 0. The zero-order valence-electron chi connectivity index (χ0n) is 21.3. The van der Waals surface area contributed by atoms with Gasteiger partial charge in [-0.1, -0.05) is 53.6 Å². The van der Waals surface area contributed by atoms with Crippen molar-refractivity contribution >= 4 is 5.91 Å². The minimum atomic E-state index is -0.225. The van der Waals surface area contributed by atoms with E-state index >= 15 is 0 Å². The summed E-state index contributed by atoms with van der Waals surface area (Å²) >= 11 is 0. The third kappa shape index (κ3) is 7.04. The first kappa shape index (κ1) is 25.7. The average Bonchev–Trinajstić information content (AvgIpc) is 3.25. The first-order chi connectivity index (χ1) is 15.8. The van der Waals surface area contributed by atoms with Crippen molar-refractivity contribution in [2.75, 3.05) is 13.1 Å². The molecule has 0 heterocycles. The van der Waals surface area contributed by atoms with E-state index in [2.05, 4.69) is 82.4 Å². The Balaban J connectivity index is 1.41. The Morgan fingerprint density at radius 1 is 1.24 bits per heavy atom. The summed E-state index contributed by atoms with van der Waals surface area (Å²) in [7, 11) is 0. The second kappa shape index (κ2) is 12.0. The number of nitrogens with zero attached hydrogens (tertiary/aromatic N) is 1. The largest absolute Gasteiger partial charge is 0.392 e. The number of fused-ring (bicyclic) bond motifs is 1. The van der Waals surface area contributed by atoms with Crippen molar-refractivity contribution in [3.05, 3.63) is 59.2 Å². The van der Waals surface area contributed by atoms with Gasteiger partial charge in [-0.3, -0.25) is 4.79 Å². The minimum Gasteiger partial charge on any atom is -0.392 e. The van der Waals surface area contributed by atoms with E-state index in [0.29, 0.717) is 24.8 Å². The highest BCUT2D eigenvalue weighted by molar-refractivity contribution is 5.77. The molecule has 0 aliphatic heterocycles. The monoisotopic (exact) mass is 452 g/mol. The third-order valence-electron chi connectivity index (χ3n) is 7.26. The normalized spacial score (nSPS) is 24.7. The molecule has 1 amide bonds. The van der Waals surface area contributed by atoms with Gasteiger partial charge in [-0.15, -0.1) is 0 Å². The molecule has 4 heteroatoms. The van der Waals surface area contributed by atoms with Gasteiger partial charge in [-0.25, -0.2) is 0 Å². The average molecular weight is 453 g/mol. The minimum absolute atomic E-state index is 0.225. The van der Waals surface area contributed by atoms with Crippen LogP contribution in [-0.4, -0.2) is 47.2 Å². The first-order valence-electron chi connectivity index (χ1n) is 12.9. The second-order valence-electron chi connectivity index (χ2n) is 10.6. The molecule has 2 aliphatic rings. The number of benzene rings is 1. The number of carbonyl (C=O) groups is 1. The van der Waals surface area contributed by atoms with Crippen LogP contribution < -0.4 is 5.32 Å². The van der Waals surface area contributed by atoms with Crippen molar-refractivity contribution in [1.29, 1.82) is 0 Å². The van der Waals surface area contributed by atoms with E-state index in [1.807, 2.05) is 4.90 Å². The van der Waals surface area contributed by atoms with Crippen LogP contribution in [0.4, 0.5) is 0 Å². The molecule has 4 nitrogen and oxygen atoms in total. The Labute approximate surface area is 201 Å². The number of aliphatic hydroxyl groups excluding tert-OH is 1. The van der Waals surface area contributed by atoms with Gasteiger partial charge < -0.3 is 15.3 Å². The van der Waals surface area contributed by atoms with Gasteiger partial charge in [-0.05, 0) is 77.7 Å². The van der Waals surface area contributed by atoms with Gasteiger partial charge in [-0.2, -0.15) is 0 Å². The number of nitrogens with one attached hydrogen (secondary N) is 1. The van der Waals surface area contributed by atoms with Gasteiger partial charge in [0.2, 0.25) is 5.91 Å². The number of aryl methyl sites for hydroxylation is 2. The van der Waals surface area contributed by atoms with Crippen LogP contribution in [0.5, 0.6) is 0 Å². The number of amides is 1. The molecule has 1 saturated carbocycles. The molecular formula is C29H44N2O2. The third-order valence-corrected chi connectivity index (χ3v) is 7.26. The predicted octanol–water partition coefficient (Wildman–Crippen LogP) is 5.05. The van der Waals surface area contributed by atoms with Crippen molar-refractivity contribution < 1.29 is 9.90 Å². The molecule has 1 aromatic carbocycles. The number of rotatable bonds is 11. The topological polar surface area (TPSA) is 52.6 Å². The highest BCUT2D eigenvalue weighted by Gasteiger charge is 2.43. The van der Waals surface area contributed by atoms with Gasteiger partial charge >= 0.3 is 0 Å². The Morgan fingerprint density at radius 3 is 2.70 bits per heavy atom. The number of aliphatic hydroxyl groups is 1. The number of allylic oxidation sites excluding steroid dienone is 2. The highest BCUT2D eigenvalue weighted by atomic mass is 16.3. The first-order valence-corrected chi connectivity index (χ1v) is 12.9. The summed E-state index contributed by atoms with van der Waals surface area (Å²) in [4.78, 5) is 14.5. The predicted molar refractivity (Wildman–Crippen MR) is 137 cm³/mol. The molecule has 2 aliphatic carbocycles. The summed E-state index contributed by atoms with van der Waals surface area (Å²) in [5, 5.41) is 14.1. The van der Waals surface area contributed by atoms with Crippen LogP contribution in [-0.2, 0) is 11.2 Å². The Hall–Kier alpha value is -1.91. The molecule has 0 radical (unpaired) electrons. The molecule has 1 fully saturated rings. The smallest absolute Gasteiger partial charge is 0.224 e. The van der Waals surface area contributed by atoms with E-state index < -0.39 is 0 Å².